The Labute approximate surface area is 313 Å². The van der Waals surface area contributed by atoms with Gasteiger partial charge in [-0.15, -0.1) is 0 Å². The number of aliphatic hydroxyl groups is 5. The summed E-state index contributed by atoms with van der Waals surface area (Å²) in [5.74, 6) is 0.825. The molecule has 6 rings (SSSR count). The number of urea groups is 1. The molecule has 4 atom stereocenters. The minimum atomic E-state index is -3.92. The second kappa shape index (κ2) is 17.0. The van der Waals surface area contributed by atoms with E-state index in [0.717, 1.165) is 48.1 Å². The van der Waals surface area contributed by atoms with E-state index in [1.54, 1.807) is 12.3 Å². The third kappa shape index (κ3) is 9.84. The topological polar surface area (TPSA) is 220 Å². The molecule has 53 heavy (non-hydrogen) atoms. The Morgan fingerprint density at radius 2 is 1.62 bits per heavy atom. The van der Waals surface area contributed by atoms with Gasteiger partial charge >= 0.3 is 6.03 Å². The molecule has 0 bridgehead atoms. The van der Waals surface area contributed by atoms with Gasteiger partial charge in [0.05, 0.1) is 35.9 Å². The number of pyridine rings is 1. The molecule has 3 aromatic rings. The Morgan fingerprint density at radius 1 is 0.925 bits per heavy atom. The third-order valence-electron chi connectivity index (χ3n) is 10.0. The van der Waals surface area contributed by atoms with Crippen molar-refractivity contribution >= 4 is 27.7 Å². The van der Waals surface area contributed by atoms with Crippen LogP contribution >= 0.6 is 11.6 Å². The molecule has 16 heteroatoms. The van der Waals surface area contributed by atoms with Crippen LogP contribution in [0.4, 0.5) is 4.79 Å². The van der Waals surface area contributed by atoms with E-state index in [1.807, 2.05) is 36.5 Å². The van der Waals surface area contributed by atoms with Crippen molar-refractivity contribution in [3.8, 4) is 16.9 Å². The summed E-state index contributed by atoms with van der Waals surface area (Å²) in [6.45, 7) is -1.13. The van der Waals surface area contributed by atoms with E-state index in [0.29, 0.717) is 36.3 Å². The van der Waals surface area contributed by atoms with Gasteiger partial charge in [0.15, 0.2) is 0 Å². The maximum atomic E-state index is 13.5. The zero-order valence-electron chi connectivity index (χ0n) is 29.1. The molecule has 3 fully saturated rings. The summed E-state index contributed by atoms with van der Waals surface area (Å²) in [6.07, 6.45) is 2.55. The van der Waals surface area contributed by atoms with Gasteiger partial charge in [-0.2, -0.15) is 0 Å². The highest BCUT2D eigenvalue weighted by molar-refractivity contribution is 7.89. The van der Waals surface area contributed by atoms with Gasteiger partial charge in [0.2, 0.25) is 10.0 Å². The van der Waals surface area contributed by atoms with E-state index < -0.39 is 59.2 Å². The third-order valence-corrected chi connectivity index (χ3v) is 11.9. The fourth-order valence-electron chi connectivity index (χ4n) is 6.56. The minimum Gasteiger partial charge on any atom is -0.490 e. The van der Waals surface area contributed by atoms with E-state index in [4.69, 9.17) is 26.2 Å². The molecular weight excluding hydrogens is 728 g/mol. The molecule has 2 aromatic carbocycles. The normalized spacial score (nSPS) is 21.9. The molecule has 14 nitrogen and oxygen atoms in total. The molecule has 3 aliphatic carbocycles. The lowest BCUT2D eigenvalue weighted by atomic mass is 9.92. The van der Waals surface area contributed by atoms with Crippen molar-refractivity contribution in [3.05, 3.63) is 77.1 Å². The van der Waals surface area contributed by atoms with Gasteiger partial charge < -0.3 is 45.6 Å². The molecule has 0 saturated heterocycles. The smallest absolute Gasteiger partial charge is 0.315 e. The number of sulfonamides is 1. The lowest BCUT2D eigenvalue weighted by Gasteiger charge is -2.30. The Kier molecular flexibility index (Phi) is 12.6. The summed E-state index contributed by atoms with van der Waals surface area (Å²) in [6, 6.07) is 13.3. The molecule has 0 aliphatic heterocycles. The molecule has 3 aliphatic rings. The molecular formula is C37H47ClN4O10S. The van der Waals surface area contributed by atoms with Crippen molar-refractivity contribution in [1.29, 1.82) is 0 Å². The summed E-state index contributed by atoms with van der Waals surface area (Å²) in [5, 5.41) is 53.6. The number of amides is 2. The molecule has 0 spiro atoms. The fraction of sp³-hybridized carbons (Fsp3) is 0.514. The van der Waals surface area contributed by atoms with Crippen LogP contribution in [0.25, 0.3) is 11.1 Å². The highest BCUT2D eigenvalue weighted by Crippen LogP contribution is 2.53. The van der Waals surface area contributed by atoms with Crippen LogP contribution in [0.15, 0.2) is 65.8 Å². The number of aliphatic hydroxyl groups excluding tert-OH is 5. The van der Waals surface area contributed by atoms with Gasteiger partial charge in [0.25, 0.3) is 0 Å². The highest BCUT2D eigenvalue weighted by atomic mass is 35.5. The highest BCUT2D eigenvalue weighted by Gasteiger charge is 2.48. The summed E-state index contributed by atoms with van der Waals surface area (Å²) in [7, 11) is -3.92. The molecule has 3 saturated carbocycles. The Morgan fingerprint density at radius 3 is 2.32 bits per heavy atom. The van der Waals surface area contributed by atoms with E-state index >= 15 is 0 Å². The number of nitrogens with zero attached hydrogens (tertiary/aromatic N) is 1. The first-order valence-corrected chi connectivity index (χ1v) is 19.8. The van der Waals surface area contributed by atoms with E-state index in [-0.39, 0.29) is 29.7 Å². The molecule has 0 unspecified atom stereocenters. The quantitative estimate of drug-likeness (QED) is 0.0996. The van der Waals surface area contributed by atoms with Crippen LogP contribution < -0.4 is 20.1 Å². The largest absolute Gasteiger partial charge is 0.490 e. The maximum absolute atomic E-state index is 13.5. The lowest BCUT2D eigenvalue weighted by molar-refractivity contribution is -0.113. The van der Waals surface area contributed by atoms with Crippen molar-refractivity contribution in [2.45, 2.75) is 111 Å². The monoisotopic (exact) mass is 774 g/mol. The first kappa shape index (κ1) is 39.3. The molecule has 1 heterocycles. The van der Waals surface area contributed by atoms with Crippen LogP contribution in [0.1, 0.15) is 62.5 Å². The van der Waals surface area contributed by atoms with Gasteiger partial charge in [-0.05, 0) is 92.8 Å². The van der Waals surface area contributed by atoms with Gasteiger partial charge in [0.1, 0.15) is 24.1 Å². The summed E-state index contributed by atoms with van der Waals surface area (Å²) >= 11 is 6.56. The Balaban J connectivity index is 1.02. The van der Waals surface area contributed by atoms with Gasteiger partial charge in [-0.1, -0.05) is 29.8 Å². The van der Waals surface area contributed by atoms with Crippen LogP contribution in [0.2, 0.25) is 5.02 Å². The lowest BCUT2D eigenvalue weighted by Crippen LogP contribution is -2.52. The number of carbonyl (C=O) groups is 1. The minimum absolute atomic E-state index is 0.0653. The molecule has 0 radical (unpaired) electrons. The van der Waals surface area contributed by atoms with Gasteiger partial charge in [0, 0.05) is 47.2 Å². The van der Waals surface area contributed by atoms with E-state index in [9.17, 15) is 33.6 Å². The standard InChI is InChI=1S/C37H47ClN4O10S/c38-30-12-11-26(53(49,50)42-24-7-5-23(6-8-24)41-36(48)40-19-31(44)34(46)35(47)32(45)20-43)17-22(30)21-51-37(14-15-37)29-18-39-16-13-27(29)28-3-1-2-4-33(28)52-25-9-10-25/h1-4,11-13,16-18,23-25,31-32,34-35,42-47H,5-10,14-15,19-21H2,(H2,40,41,48)/t23-,24+,31-,32+,34+,35+/m0/s1. The number of ether oxygens (including phenoxy) is 2. The second-order valence-corrected chi connectivity index (χ2v) is 16.2. The van der Waals surface area contributed by atoms with Crippen LogP contribution in [-0.4, -0.2) is 101 Å². The predicted octanol–water partition coefficient (Wildman–Crippen LogP) is 2.47. The summed E-state index contributed by atoms with van der Waals surface area (Å²) in [5.41, 5.74) is 2.85. The Hall–Kier alpha value is -3.38. The van der Waals surface area contributed by atoms with Gasteiger partial charge in [-0.3, -0.25) is 4.98 Å². The SMILES string of the molecule is O=C(NC[C@H](O)[C@@H](O)[C@H](O)[C@H](O)CO)N[C@H]1CC[C@@H](NS(=O)(=O)c2ccc(Cl)c(COC3(c4cnccc4-c4ccccc4OC4CC4)CC3)c2)CC1. The average molecular weight is 775 g/mol. The van der Waals surface area contributed by atoms with Crippen molar-refractivity contribution in [1.82, 2.24) is 20.3 Å². The first-order valence-electron chi connectivity index (χ1n) is 17.9. The number of nitrogens with one attached hydrogen (secondary N) is 3. The van der Waals surface area contributed by atoms with Crippen molar-refractivity contribution in [3.63, 3.8) is 0 Å². The number of rotatable bonds is 17. The second-order valence-electron chi connectivity index (χ2n) is 14.1. The fourth-order valence-corrected chi connectivity index (χ4v) is 8.09. The van der Waals surface area contributed by atoms with Crippen LogP contribution in [0, 0.1) is 0 Å². The molecule has 288 valence electrons. The number of para-hydroxylation sites is 1. The zero-order chi connectivity index (χ0) is 37.8. The van der Waals surface area contributed by atoms with Crippen LogP contribution in [-0.2, 0) is 27.0 Å². The summed E-state index contributed by atoms with van der Waals surface area (Å²) in [4.78, 5) is 16.9. The number of aromatic nitrogens is 1. The first-order chi connectivity index (χ1) is 25.4. The van der Waals surface area contributed by atoms with Crippen molar-refractivity contribution < 1.29 is 48.2 Å². The number of hydrogen-bond donors (Lipinski definition) is 8. The zero-order valence-corrected chi connectivity index (χ0v) is 30.7. The van der Waals surface area contributed by atoms with Crippen LogP contribution in [0.3, 0.4) is 0 Å². The molecule has 1 aromatic heterocycles. The van der Waals surface area contributed by atoms with E-state index in [2.05, 4.69) is 20.3 Å². The summed E-state index contributed by atoms with van der Waals surface area (Å²) < 4.78 is 42.5. The van der Waals surface area contributed by atoms with Crippen molar-refractivity contribution in [2.75, 3.05) is 13.2 Å². The number of carbonyl (C=O) groups excluding carboxylic acids is 1. The molecule has 8 N–H and O–H groups in total. The number of benzene rings is 2. The average Bonchev–Trinajstić information content (AvgIpc) is 4.11. The van der Waals surface area contributed by atoms with Gasteiger partial charge in [-0.25, -0.2) is 17.9 Å². The number of hydrogen-bond acceptors (Lipinski definition) is 11. The Bertz CT molecular complexity index is 1840. The predicted molar refractivity (Wildman–Crippen MR) is 194 cm³/mol. The number of halogens is 1. The van der Waals surface area contributed by atoms with Crippen molar-refractivity contribution in [2.24, 2.45) is 0 Å². The van der Waals surface area contributed by atoms with Crippen LogP contribution in [0.5, 0.6) is 5.75 Å². The molecule has 2 amide bonds. The maximum Gasteiger partial charge on any atom is 0.315 e. The van der Waals surface area contributed by atoms with E-state index in [1.165, 1.54) is 12.1 Å².